The maximum absolute atomic E-state index is 11.6. The van der Waals surface area contributed by atoms with Crippen LogP contribution in [0.3, 0.4) is 0 Å². The number of carbonyl (C=O) groups is 1. The summed E-state index contributed by atoms with van der Waals surface area (Å²) in [5.41, 5.74) is 9.64. The van der Waals surface area contributed by atoms with Crippen molar-refractivity contribution in [1.82, 2.24) is 0 Å². The largest absolute Gasteiger partial charge is 0.321 e. The van der Waals surface area contributed by atoms with Crippen molar-refractivity contribution in [2.45, 2.75) is 31.2 Å². The fraction of sp³-hybridized carbons (Fsp3) is 0.462. The van der Waals surface area contributed by atoms with Crippen molar-refractivity contribution in [2.24, 2.45) is 5.73 Å². The van der Waals surface area contributed by atoms with E-state index in [1.165, 1.54) is 11.1 Å². The fourth-order valence-corrected chi connectivity index (χ4v) is 2.39. The molecular weight excluding hydrogens is 200 g/mol. The zero-order valence-corrected chi connectivity index (χ0v) is 9.49. The molecule has 0 aromatic heterocycles. The third-order valence-electron chi connectivity index (χ3n) is 3.79. The third-order valence-corrected chi connectivity index (χ3v) is 3.79. The summed E-state index contributed by atoms with van der Waals surface area (Å²) in [6.07, 6.45) is 3.63. The Balaban J connectivity index is 2.03. The molecule has 3 rings (SSSR count). The minimum absolute atomic E-state index is 0.0743. The van der Waals surface area contributed by atoms with Crippen molar-refractivity contribution in [2.75, 3.05) is 11.9 Å². The number of fused-ring (bicyclic) bond motifs is 1. The van der Waals surface area contributed by atoms with Crippen molar-refractivity contribution in [3.63, 3.8) is 0 Å². The summed E-state index contributed by atoms with van der Waals surface area (Å²) >= 11 is 0. The maximum Gasteiger partial charge on any atom is 0.227 e. The third kappa shape index (κ3) is 1.35. The van der Waals surface area contributed by atoms with Gasteiger partial charge in [0.2, 0.25) is 5.91 Å². The van der Waals surface area contributed by atoms with Gasteiger partial charge in [-0.25, -0.2) is 0 Å². The Bertz CT molecular complexity index is 463. The van der Waals surface area contributed by atoms with Gasteiger partial charge in [-0.05, 0) is 36.5 Å². The molecule has 3 heteroatoms. The lowest BCUT2D eigenvalue weighted by atomic mass is 9.96. The van der Waals surface area contributed by atoms with E-state index in [-0.39, 0.29) is 11.4 Å². The van der Waals surface area contributed by atoms with Gasteiger partial charge < -0.3 is 10.6 Å². The predicted octanol–water partition coefficient (Wildman–Crippen LogP) is 1.54. The number of anilines is 1. The highest BCUT2D eigenvalue weighted by Crippen LogP contribution is 2.44. The summed E-state index contributed by atoms with van der Waals surface area (Å²) in [5, 5.41) is 0. The smallest absolute Gasteiger partial charge is 0.227 e. The van der Waals surface area contributed by atoms with Gasteiger partial charge in [0.15, 0.2) is 0 Å². The Kier molecular flexibility index (Phi) is 1.89. The second-order valence-electron chi connectivity index (χ2n) is 4.95. The van der Waals surface area contributed by atoms with Crippen LogP contribution in [0, 0.1) is 0 Å². The van der Waals surface area contributed by atoms with E-state index in [0.717, 1.165) is 24.9 Å². The first-order chi connectivity index (χ1) is 7.60. The Labute approximate surface area is 95.2 Å². The first-order valence-corrected chi connectivity index (χ1v) is 5.79. The van der Waals surface area contributed by atoms with Crippen LogP contribution in [0.5, 0.6) is 0 Å². The zero-order chi connectivity index (χ0) is 11.3. The van der Waals surface area contributed by atoms with Crippen LogP contribution in [-0.4, -0.2) is 13.0 Å². The van der Waals surface area contributed by atoms with Crippen LogP contribution in [0.15, 0.2) is 18.2 Å². The zero-order valence-electron chi connectivity index (χ0n) is 9.49. The highest BCUT2D eigenvalue weighted by atomic mass is 16.2. The van der Waals surface area contributed by atoms with Crippen LogP contribution in [-0.2, 0) is 16.8 Å². The normalized spacial score (nSPS) is 21.9. The number of hydrogen-bond acceptors (Lipinski definition) is 2. The molecule has 3 nitrogen and oxygen atoms in total. The maximum atomic E-state index is 11.6. The van der Waals surface area contributed by atoms with Gasteiger partial charge in [0, 0.05) is 24.7 Å². The van der Waals surface area contributed by atoms with Crippen LogP contribution >= 0.6 is 0 Å². The molecule has 1 amide bonds. The van der Waals surface area contributed by atoms with E-state index in [1.807, 2.05) is 13.1 Å². The molecule has 1 saturated carbocycles. The van der Waals surface area contributed by atoms with Gasteiger partial charge in [-0.2, -0.15) is 0 Å². The second kappa shape index (κ2) is 3.08. The summed E-state index contributed by atoms with van der Waals surface area (Å²) in [6.45, 7) is 0. The molecule has 0 unspecified atom stereocenters. The van der Waals surface area contributed by atoms with Crippen molar-refractivity contribution in [1.29, 1.82) is 0 Å². The minimum atomic E-state index is -0.0743. The van der Waals surface area contributed by atoms with Gasteiger partial charge >= 0.3 is 0 Å². The molecule has 1 fully saturated rings. The molecule has 1 aliphatic carbocycles. The predicted molar refractivity (Wildman–Crippen MR) is 63.3 cm³/mol. The molecule has 84 valence electrons. The van der Waals surface area contributed by atoms with Crippen molar-refractivity contribution >= 4 is 11.6 Å². The van der Waals surface area contributed by atoms with Crippen molar-refractivity contribution < 1.29 is 4.79 Å². The number of hydrogen-bond donors (Lipinski definition) is 1. The molecular formula is C13H16N2O. The average Bonchev–Trinajstić information content (AvgIpc) is 3.03. The molecule has 1 aromatic carbocycles. The van der Waals surface area contributed by atoms with Crippen molar-refractivity contribution in [3.8, 4) is 0 Å². The lowest BCUT2D eigenvalue weighted by Gasteiger charge is -2.26. The second-order valence-corrected chi connectivity index (χ2v) is 4.95. The van der Waals surface area contributed by atoms with Crippen LogP contribution in [0.1, 0.15) is 30.4 Å². The highest BCUT2D eigenvalue weighted by molar-refractivity contribution is 5.95. The summed E-state index contributed by atoms with van der Waals surface area (Å²) in [7, 11) is 1.84. The Hall–Kier alpha value is -1.35. The first kappa shape index (κ1) is 9.85. The lowest BCUT2D eigenvalue weighted by molar-refractivity contribution is -0.118. The van der Waals surface area contributed by atoms with E-state index in [2.05, 4.69) is 12.1 Å². The number of benzene rings is 1. The fourth-order valence-electron chi connectivity index (χ4n) is 2.39. The molecule has 1 aliphatic heterocycles. The highest BCUT2D eigenvalue weighted by Gasteiger charge is 2.40. The van der Waals surface area contributed by atoms with Crippen LogP contribution < -0.4 is 10.6 Å². The molecule has 1 heterocycles. The number of nitrogens with zero attached hydrogens (tertiary/aromatic N) is 1. The van der Waals surface area contributed by atoms with Crippen LogP contribution in [0.4, 0.5) is 5.69 Å². The SMILES string of the molecule is CN1C(=O)CCc2cc(C3(N)CC3)ccc21. The quantitative estimate of drug-likeness (QED) is 0.774. The number of rotatable bonds is 1. The Morgan fingerprint density at radius 2 is 2.06 bits per heavy atom. The molecule has 0 atom stereocenters. The molecule has 16 heavy (non-hydrogen) atoms. The lowest BCUT2D eigenvalue weighted by Crippen LogP contribution is -2.31. The Morgan fingerprint density at radius 1 is 1.31 bits per heavy atom. The van der Waals surface area contributed by atoms with E-state index in [4.69, 9.17) is 5.73 Å². The van der Waals surface area contributed by atoms with Gasteiger partial charge in [0.05, 0.1) is 0 Å². The number of carbonyl (C=O) groups excluding carboxylic acids is 1. The van der Waals surface area contributed by atoms with E-state index >= 15 is 0 Å². The van der Waals surface area contributed by atoms with E-state index in [1.54, 1.807) is 4.90 Å². The molecule has 1 aromatic rings. The van der Waals surface area contributed by atoms with Gasteiger partial charge in [0.1, 0.15) is 0 Å². The van der Waals surface area contributed by atoms with Crippen LogP contribution in [0.25, 0.3) is 0 Å². The first-order valence-electron chi connectivity index (χ1n) is 5.79. The minimum Gasteiger partial charge on any atom is -0.321 e. The Morgan fingerprint density at radius 3 is 2.75 bits per heavy atom. The van der Waals surface area contributed by atoms with E-state index in [9.17, 15) is 4.79 Å². The molecule has 2 N–H and O–H groups in total. The monoisotopic (exact) mass is 216 g/mol. The topological polar surface area (TPSA) is 46.3 Å². The standard InChI is InChI=1S/C13H16N2O/c1-15-11-4-3-10(13(14)6-7-13)8-9(11)2-5-12(15)16/h3-4,8H,2,5-7,14H2,1H3. The molecule has 0 spiro atoms. The number of amides is 1. The van der Waals surface area contributed by atoms with Gasteiger partial charge in [0.25, 0.3) is 0 Å². The molecule has 2 aliphatic rings. The van der Waals surface area contributed by atoms with E-state index < -0.39 is 0 Å². The molecule has 0 bridgehead atoms. The average molecular weight is 216 g/mol. The summed E-state index contributed by atoms with van der Waals surface area (Å²) in [6, 6.07) is 6.29. The van der Waals surface area contributed by atoms with Crippen LogP contribution in [0.2, 0.25) is 0 Å². The van der Waals surface area contributed by atoms with Gasteiger partial charge in [-0.15, -0.1) is 0 Å². The van der Waals surface area contributed by atoms with Gasteiger partial charge in [-0.3, -0.25) is 4.79 Å². The number of nitrogens with two attached hydrogens (primary N) is 1. The van der Waals surface area contributed by atoms with Gasteiger partial charge in [-0.1, -0.05) is 12.1 Å². The summed E-state index contributed by atoms with van der Waals surface area (Å²) in [5.74, 6) is 0.203. The summed E-state index contributed by atoms with van der Waals surface area (Å²) in [4.78, 5) is 13.3. The van der Waals surface area contributed by atoms with Crippen molar-refractivity contribution in [3.05, 3.63) is 29.3 Å². The number of aryl methyl sites for hydroxylation is 1. The molecule has 0 radical (unpaired) electrons. The molecule has 0 saturated heterocycles. The summed E-state index contributed by atoms with van der Waals surface area (Å²) < 4.78 is 0. The van der Waals surface area contributed by atoms with E-state index in [0.29, 0.717) is 6.42 Å².